The summed E-state index contributed by atoms with van der Waals surface area (Å²) in [5, 5.41) is 15.5. The fourth-order valence-electron chi connectivity index (χ4n) is 3.75. The summed E-state index contributed by atoms with van der Waals surface area (Å²) in [6, 6.07) is 11.6. The molecule has 4 rings (SSSR count). The van der Waals surface area contributed by atoms with Crippen molar-refractivity contribution in [1.82, 2.24) is 15.2 Å². The van der Waals surface area contributed by atoms with Crippen LogP contribution < -0.4 is 16.4 Å². The first kappa shape index (κ1) is 22.1. The molecule has 7 nitrogen and oxygen atoms in total. The molecule has 0 bridgehead atoms. The minimum atomic E-state index is -1.04. The number of aromatic nitrogens is 1. The van der Waals surface area contributed by atoms with E-state index in [1.165, 1.54) is 10.6 Å². The molecule has 2 heterocycles. The van der Waals surface area contributed by atoms with E-state index in [0.29, 0.717) is 35.3 Å². The van der Waals surface area contributed by atoms with Crippen LogP contribution in [0.1, 0.15) is 5.56 Å². The lowest BCUT2D eigenvalue weighted by molar-refractivity contribution is 0.0393. The highest BCUT2D eigenvalue weighted by Gasteiger charge is 2.20. The van der Waals surface area contributed by atoms with Crippen LogP contribution in [0.4, 0.5) is 8.78 Å². The van der Waals surface area contributed by atoms with Crippen molar-refractivity contribution in [3.63, 3.8) is 0 Å². The maximum absolute atomic E-state index is 14.8. The molecule has 0 radical (unpaired) electrons. The van der Waals surface area contributed by atoms with Gasteiger partial charge in [-0.05, 0) is 34.9 Å². The first-order valence-electron chi connectivity index (χ1n) is 10.4. The molecule has 9 heteroatoms. The predicted molar refractivity (Wildman–Crippen MR) is 115 cm³/mol. The van der Waals surface area contributed by atoms with Gasteiger partial charge < -0.3 is 14.5 Å². The van der Waals surface area contributed by atoms with E-state index < -0.39 is 23.8 Å². The first-order valence-corrected chi connectivity index (χ1v) is 10.4. The fourth-order valence-corrected chi connectivity index (χ4v) is 3.75. The summed E-state index contributed by atoms with van der Waals surface area (Å²) in [6.07, 6.45) is -1.12. The summed E-state index contributed by atoms with van der Waals surface area (Å²) in [6.45, 7) is 1.12. The largest absolute Gasteiger partial charge is 0.419 e. The molecule has 1 aliphatic rings. The lowest BCUT2D eigenvalue weighted by atomic mass is 10.00. The lowest BCUT2D eigenvalue weighted by Gasteiger charge is -2.18. The second-order valence-electron chi connectivity index (χ2n) is 7.92. The van der Waals surface area contributed by atoms with E-state index in [9.17, 15) is 18.8 Å². The second kappa shape index (κ2) is 9.61. The van der Waals surface area contributed by atoms with E-state index in [1.54, 1.807) is 37.4 Å². The highest BCUT2D eigenvalue weighted by molar-refractivity contribution is 5.80. The number of nitrogens with one attached hydrogen (secondary N) is 2. The number of nitrogens with zero attached hydrogens (tertiary/aromatic N) is 2. The van der Waals surface area contributed by atoms with Gasteiger partial charge >= 0.3 is 5.76 Å². The number of alkyl halides is 1. The Morgan fingerprint density at radius 2 is 2.06 bits per heavy atom. The number of halogens is 2. The molecule has 2 aromatic carbocycles. The minimum Gasteiger partial charge on any atom is -0.408 e. The Kier molecular flexibility index (Phi) is 6.65. The van der Waals surface area contributed by atoms with E-state index >= 15 is 0 Å². The summed E-state index contributed by atoms with van der Waals surface area (Å²) in [5.74, 6) is -0.873. The van der Waals surface area contributed by atoms with Crippen LogP contribution >= 0.6 is 0 Å². The second-order valence-corrected chi connectivity index (χ2v) is 7.92. The standard InChI is InChI=1S/C23H24F2N4O3/c1-29-21-8-15(4-5-22(21)32-23(29)30)14-2-3-16(20(25)7-14)6-18(9-26)28-12-19-11-27-10-17(24)13-31-19/h2-5,7-8,17-19,27-28H,6,10-13H2,1H3/t17-,18+,19?/m1/s1. The molecule has 1 aliphatic heterocycles. The molecule has 3 atom stereocenters. The molecule has 1 unspecified atom stereocenters. The van der Waals surface area contributed by atoms with Gasteiger partial charge in [0.05, 0.1) is 30.3 Å². The van der Waals surface area contributed by atoms with Crippen LogP contribution in [0.25, 0.3) is 22.2 Å². The quantitative estimate of drug-likeness (QED) is 0.609. The van der Waals surface area contributed by atoms with Gasteiger partial charge in [-0.2, -0.15) is 5.26 Å². The molecular formula is C23H24F2N4O3. The highest BCUT2D eigenvalue weighted by Crippen LogP contribution is 2.26. The highest BCUT2D eigenvalue weighted by atomic mass is 19.1. The van der Waals surface area contributed by atoms with Gasteiger partial charge in [0.15, 0.2) is 5.58 Å². The monoisotopic (exact) mass is 442 g/mol. The van der Waals surface area contributed by atoms with Crippen molar-refractivity contribution in [2.24, 2.45) is 7.05 Å². The number of rotatable bonds is 6. The maximum Gasteiger partial charge on any atom is 0.419 e. The van der Waals surface area contributed by atoms with Gasteiger partial charge in [-0.3, -0.25) is 9.88 Å². The molecule has 0 aliphatic carbocycles. The van der Waals surface area contributed by atoms with Crippen LogP contribution in [0.2, 0.25) is 0 Å². The van der Waals surface area contributed by atoms with Crippen LogP contribution in [0, 0.1) is 17.1 Å². The maximum atomic E-state index is 14.8. The molecule has 0 spiro atoms. The molecule has 168 valence electrons. The zero-order chi connectivity index (χ0) is 22.7. The summed E-state index contributed by atoms with van der Waals surface area (Å²) in [4.78, 5) is 11.7. The van der Waals surface area contributed by atoms with Gasteiger partial charge in [0.2, 0.25) is 0 Å². The third-order valence-electron chi connectivity index (χ3n) is 5.60. The van der Waals surface area contributed by atoms with Crippen molar-refractivity contribution in [3.8, 4) is 17.2 Å². The Labute approximate surface area is 183 Å². The molecule has 2 N–H and O–H groups in total. The van der Waals surface area contributed by atoms with Crippen LogP contribution in [0.3, 0.4) is 0 Å². The number of oxazole rings is 1. The number of hydrogen-bond acceptors (Lipinski definition) is 6. The summed E-state index contributed by atoms with van der Waals surface area (Å²) < 4.78 is 40.2. The number of nitriles is 1. The van der Waals surface area contributed by atoms with Crippen LogP contribution in [0.15, 0.2) is 45.6 Å². The fraction of sp³-hybridized carbons (Fsp3) is 0.391. The Morgan fingerprint density at radius 1 is 1.28 bits per heavy atom. The number of benzene rings is 2. The van der Waals surface area contributed by atoms with Crippen molar-refractivity contribution in [2.45, 2.75) is 24.7 Å². The zero-order valence-electron chi connectivity index (χ0n) is 17.6. The van der Waals surface area contributed by atoms with Gasteiger partial charge in [0, 0.05) is 33.1 Å². The van der Waals surface area contributed by atoms with Gasteiger partial charge in [0.1, 0.15) is 12.0 Å². The molecule has 3 aromatic rings. The topological polar surface area (TPSA) is 92.2 Å². The van der Waals surface area contributed by atoms with E-state index in [1.807, 2.05) is 0 Å². The summed E-state index contributed by atoms with van der Waals surface area (Å²) in [7, 11) is 1.61. The van der Waals surface area contributed by atoms with Gasteiger partial charge in [-0.1, -0.05) is 18.2 Å². The molecular weight excluding hydrogens is 418 g/mol. The van der Waals surface area contributed by atoms with Crippen LogP contribution in [-0.4, -0.2) is 49.1 Å². The number of aryl methyl sites for hydroxylation is 1. The van der Waals surface area contributed by atoms with E-state index in [4.69, 9.17) is 9.15 Å². The van der Waals surface area contributed by atoms with Crippen molar-refractivity contribution < 1.29 is 17.9 Å². The van der Waals surface area contributed by atoms with E-state index in [0.717, 1.165) is 5.56 Å². The zero-order valence-corrected chi connectivity index (χ0v) is 17.6. The number of hydrogen-bond donors (Lipinski definition) is 2. The van der Waals surface area contributed by atoms with Crippen LogP contribution in [-0.2, 0) is 18.2 Å². The Bertz CT molecular complexity index is 1200. The van der Waals surface area contributed by atoms with Gasteiger partial charge in [-0.15, -0.1) is 0 Å². The Hall–Kier alpha value is -3.06. The van der Waals surface area contributed by atoms with Crippen molar-refractivity contribution in [3.05, 3.63) is 58.3 Å². The Morgan fingerprint density at radius 3 is 2.84 bits per heavy atom. The molecule has 0 amide bonds. The average molecular weight is 442 g/mol. The smallest absolute Gasteiger partial charge is 0.408 e. The molecule has 1 fully saturated rings. The number of fused-ring (bicyclic) bond motifs is 1. The van der Waals surface area contributed by atoms with E-state index in [-0.39, 0.29) is 25.7 Å². The molecule has 32 heavy (non-hydrogen) atoms. The van der Waals surface area contributed by atoms with Gasteiger partial charge in [-0.25, -0.2) is 13.6 Å². The average Bonchev–Trinajstić information content (AvgIpc) is 2.93. The molecule has 1 aromatic heterocycles. The number of ether oxygens (including phenoxy) is 1. The van der Waals surface area contributed by atoms with Crippen molar-refractivity contribution >= 4 is 11.1 Å². The molecule has 1 saturated heterocycles. The normalized spacial score (nSPS) is 20.1. The van der Waals surface area contributed by atoms with Crippen LogP contribution in [0.5, 0.6) is 0 Å². The minimum absolute atomic E-state index is 0.0193. The third-order valence-corrected chi connectivity index (χ3v) is 5.60. The summed E-state index contributed by atoms with van der Waals surface area (Å²) >= 11 is 0. The lowest BCUT2D eigenvalue weighted by Crippen LogP contribution is -2.40. The van der Waals surface area contributed by atoms with Crippen molar-refractivity contribution in [1.29, 1.82) is 5.26 Å². The third kappa shape index (κ3) is 4.88. The SMILES string of the molecule is Cn1c(=O)oc2ccc(-c3ccc(C[C@@H](C#N)NCC4CNC[C@@H](F)CO4)c(F)c3)cc21. The van der Waals surface area contributed by atoms with Crippen molar-refractivity contribution in [2.75, 3.05) is 26.2 Å². The Balaban J connectivity index is 1.44. The summed E-state index contributed by atoms with van der Waals surface area (Å²) in [5.41, 5.74) is 2.91. The van der Waals surface area contributed by atoms with E-state index in [2.05, 4.69) is 16.7 Å². The molecule has 0 saturated carbocycles. The predicted octanol–water partition coefficient (Wildman–Crippen LogP) is 2.29. The first-order chi connectivity index (χ1) is 15.4. The van der Waals surface area contributed by atoms with Gasteiger partial charge in [0.25, 0.3) is 0 Å².